The van der Waals surface area contributed by atoms with E-state index in [0.717, 1.165) is 12.8 Å². The second-order valence-corrected chi connectivity index (χ2v) is 5.82. The van der Waals surface area contributed by atoms with Gasteiger partial charge in [0.1, 0.15) is 5.69 Å². The van der Waals surface area contributed by atoms with E-state index in [0.29, 0.717) is 31.2 Å². The molecule has 0 radical (unpaired) electrons. The predicted octanol–water partition coefficient (Wildman–Crippen LogP) is 1.10. The number of carbonyl (C=O) groups excluding carboxylic acids is 2. The minimum absolute atomic E-state index is 0.0420. The van der Waals surface area contributed by atoms with Gasteiger partial charge in [0.25, 0.3) is 5.91 Å². The number of carbonyl (C=O) groups is 2. The Morgan fingerprint density at radius 1 is 1.43 bits per heavy atom. The summed E-state index contributed by atoms with van der Waals surface area (Å²) in [6.07, 6.45) is 6.17. The highest BCUT2D eigenvalue weighted by Gasteiger charge is 2.29. The molecule has 1 aliphatic heterocycles. The number of hydrogen-bond donors (Lipinski definition) is 1. The fraction of sp³-hybridized carbons (Fsp3) is 0.600. The maximum Gasteiger partial charge on any atom is 0.274 e. The van der Waals surface area contributed by atoms with Crippen LogP contribution in [0.5, 0.6) is 0 Å². The molecule has 2 heterocycles. The van der Waals surface area contributed by atoms with Crippen molar-refractivity contribution in [3.63, 3.8) is 0 Å². The Kier molecular flexibility index (Phi) is 5.25. The van der Waals surface area contributed by atoms with Gasteiger partial charge in [-0.15, -0.1) is 0 Å². The molecule has 6 heteroatoms. The van der Waals surface area contributed by atoms with Crippen LogP contribution in [0.3, 0.4) is 0 Å². The van der Waals surface area contributed by atoms with Gasteiger partial charge >= 0.3 is 0 Å². The topological polar surface area (TPSA) is 75.2 Å². The summed E-state index contributed by atoms with van der Waals surface area (Å²) in [5, 5.41) is 2.95. The van der Waals surface area contributed by atoms with Crippen LogP contribution in [0.2, 0.25) is 0 Å². The van der Waals surface area contributed by atoms with Crippen LogP contribution in [0.15, 0.2) is 18.6 Å². The Bertz CT molecular complexity index is 490. The van der Waals surface area contributed by atoms with Crippen LogP contribution in [0.25, 0.3) is 0 Å². The highest BCUT2D eigenvalue weighted by molar-refractivity contribution is 5.92. The minimum atomic E-state index is -0.149. The van der Waals surface area contributed by atoms with E-state index in [2.05, 4.69) is 29.1 Å². The summed E-state index contributed by atoms with van der Waals surface area (Å²) in [4.78, 5) is 34.1. The van der Waals surface area contributed by atoms with Gasteiger partial charge in [0.05, 0.1) is 12.1 Å². The highest BCUT2D eigenvalue weighted by Crippen LogP contribution is 2.18. The summed E-state index contributed by atoms with van der Waals surface area (Å²) in [6, 6.07) is 0. The number of amides is 2. The molecule has 1 aliphatic rings. The van der Waals surface area contributed by atoms with Crippen molar-refractivity contribution in [1.29, 1.82) is 0 Å². The van der Waals surface area contributed by atoms with E-state index in [1.54, 1.807) is 4.90 Å². The standard InChI is InChI=1S/C15H22N4O2/c1-11(2)8-18-14(20)12-4-3-7-19(10-12)15(21)13-9-16-5-6-17-13/h5-6,9,11-12H,3-4,7-8,10H2,1-2H3,(H,18,20)/t12-/m0/s1. The van der Waals surface area contributed by atoms with Gasteiger partial charge in [-0.05, 0) is 18.8 Å². The van der Waals surface area contributed by atoms with Crippen molar-refractivity contribution >= 4 is 11.8 Å². The van der Waals surface area contributed by atoms with E-state index in [4.69, 9.17) is 0 Å². The molecule has 0 saturated carbocycles. The molecule has 6 nitrogen and oxygen atoms in total. The van der Waals surface area contributed by atoms with Crippen molar-refractivity contribution in [3.05, 3.63) is 24.3 Å². The maximum atomic E-state index is 12.3. The number of likely N-dealkylation sites (tertiary alicyclic amines) is 1. The predicted molar refractivity (Wildman–Crippen MR) is 78.5 cm³/mol. The molecule has 0 aromatic carbocycles. The zero-order chi connectivity index (χ0) is 15.2. The lowest BCUT2D eigenvalue weighted by atomic mass is 9.96. The van der Waals surface area contributed by atoms with Gasteiger partial charge in [0, 0.05) is 32.0 Å². The molecule has 1 aromatic rings. The first-order valence-electron chi connectivity index (χ1n) is 7.41. The fourth-order valence-electron chi connectivity index (χ4n) is 2.40. The van der Waals surface area contributed by atoms with E-state index < -0.39 is 0 Å². The Hall–Kier alpha value is -1.98. The molecule has 1 N–H and O–H groups in total. The Labute approximate surface area is 125 Å². The second kappa shape index (κ2) is 7.15. The first kappa shape index (κ1) is 15.4. The minimum Gasteiger partial charge on any atom is -0.356 e. The van der Waals surface area contributed by atoms with Crippen molar-refractivity contribution < 1.29 is 9.59 Å². The summed E-state index contributed by atoms with van der Waals surface area (Å²) in [7, 11) is 0. The molecule has 0 aliphatic carbocycles. The number of aromatic nitrogens is 2. The van der Waals surface area contributed by atoms with Crippen LogP contribution in [0.1, 0.15) is 37.2 Å². The molecule has 0 spiro atoms. The normalized spacial score (nSPS) is 18.6. The van der Waals surface area contributed by atoms with Gasteiger partial charge in [-0.25, -0.2) is 4.98 Å². The Morgan fingerprint density at radius 2 is 2.24 bits per heavy atom. The molecule has 1 atom stereocenters. The van der Waals surface area contributed by atoms with E-state index in [-0.39, 0.29) is 17.7 Å². The average molecular weight is 290 g/mol. The SMILES string of the molecule is CC(C)CNC(=O)[C@H]1CCCN(C(=O)c2cnccn2)C1. The summed E-state index contributed by atoms with van der Waals surface area (Å²) in [6.45, 7) is 5.92. The van der Waals surface area contributed by atoms with Gasteiger partial charge in [-0.3, -0.25) is 14.6 Å². The molecule has 2 rings (SSSR count). The molecule has 114 valence electrons. The lowest BCUT2D eigenvalue weighted by molar-refractivity contribution is -0.126. The molecular formula is C15H22N4O2. The number of nitrogens with one attached hydrogen (secondary N) is 1. The first-order chi connectivity index (χ1) is 10.1. The van der Waals surface area contributed by atoms with Crippen molar-refractivity contribution in [1.82, 2.24) is 20.2 Å². The maximum absolute atomic E-state index is 12.3. The van der Waals surface area contributed by atoms with Crippen LogP contribution >= 0.6 is 0 Å². The van der Waals surface area contributed by atoms with Crippen LogP contribution in [-0.2, 0) is 4.79 Å². The lowest BCUT2D eigenvalue weighted by Gasteiger charge is -2.31. The molecule has 0 unspecified atom stereocenters. The summed E-state index contributed by atoms with van der Waals surface area (Å²) < 4.78 is 0. The van der Waals surface area contributed by atoms with Crippen LogP contribution in [0, 0.1) is 11.8 Å². The zero-order valence-electron chi connectivity index (χ0n) is 12.6. The van der Waals surface area contributed by atoms with Crippen molar-refractivity contribution in [2.75, 3.05) is 19.6 Å². The summed E-state index contributed by atoms with van der Waals surface area (Å²) >= 11 is 0. The quantitative estimate of drug-likeness (QED) is 0.901. The van der Waals surface area contributed by atoms with Gasteiger partial charge in [-0.1, -0.05) is 13.8 Å². The van der Waals surface area contributed by atoms with Crippen LogP contribution < -0.4 is 5.32 Å². The fourth-order valence-corrected chi connectivity index (χ4v) is 2.40. The van der Waals surface area contributed by atoms with Gasteiger partial charge in [0.2, 0.25) is 5.91 Å². The molecule has 21 heavy (non-hydrogen) atoms. The highest BCUT2D eigenvalue weighted by atomic mass is 16.2. The van der Waals surface area contributed by atoms with Gasteiger partial charge in [0.15, 0.2) is 0 Å². The summed E-state index contributed by atoms with van der Waals surface area (Å²) in [5.41, 5.74) is 0.334. The molecular weight excluding hydrogens is 268 g/mol. The second-order valence-electron chi connectivity index (χ2n) is 5.82. The van der Waals surface area contributed by atoms with E-state index >= 15 is 0 Å². The van der Waals surface area contributed by atoms with Crippen LogP contribution in [0.4, 0.5) is 0 Å². The third-order valence-electron chi connectivity index (χ3n) is 3.55. The van der Waals surface area contributed by atoms with E-state index in [1.165, 1.54) is 18.6 Å². The smallest absolute Gasteiger partial charge is 0.274 e. The zero-order valence-corrected chi connectivity index (χ0v) is 12.6. The van der Waals surface area contributed by atoms with E-state index in [9.17, 15) is 9.59 Å². The number of piperidine rings is 1. The first-order valence-corrected chi connectivity index (χ1v) is 7.41. The van der Waals surface area contributed by atoms with Crippen LogP contribution in [-0.4, -0.2) is 46.3 Å². The number of nitrogens with zero attached hydrogens (tertiary/aromatic N) is 3. The number of rotatable bonds is 4. The third kappa shape index (κ3) is 4.24. The molecule has 1 aromatic heterocycles. The molecule has 0 bridgehead atoms. The van der Waals surface area contributed by atoms with E-state index in [1.807, 2.05) is 0 Å². The van der Waals surface area contributed by atoms with Gasteiger partial charge in [-0.2, -0.15) is 0 Å². The number of hydrogen-bond acceptors (Lipinski definition) is 4. The van der Waals surface area contributed by atoms with Gasteiger partial charge < -0.3 is 10.2 Å². The molecule has 1 fully saturated rings. The van der Waals surface area contributed by atoms with Crippen molar-refractivity contribution in [3.8, 4) is 0 Å². The molecule has 2 amide bonds. The Morgan fingerprint density at radius 3 is 2.90 bits per heavy atom. The monoisotopic (exact) mass is 290 g/mol. The largest absolute Gasteiger partial charge is 0.356 e. The van der Waals surface area contributed by atoms with Crippen molar-refractivity contribution in [2.24, 2.45) is 11.8 Å². The third-order valence-corrected chi connectivity index (χ3v) is 3.55. The lowest BCUT2D eigenvalue weighted by Crippen LogP contribution is -2.46. The summed E-state index contributed by atoms with van der Waals surface area (Å²) in [5.74, 6) is 0.192. The van der Waals surface area contributed by atoms with Crippen molar-refractivity contribution in [2.45, 2.75) is 26.7 Å². The average Bonchev–Trinajstić information content (AvgIpc) is 2.52. The molecule has 1 saturated heterocycles. The Balaban J connectivity index is 1.94.